The maximum absolute atomic E-state index is 10.7. The number of aromatic nitrogens is 2. The zero-order chi connectivity index (χ0) is 13.4. The van der Waals surface area contributed by atoms with E-state index in [0.29, 0.717) is 0 Å². The zero-order valence-electron chi connectivity index (χ0n) is 10.3. The van der Waals surface area contributed by atoms with Gasteiger partial charge in [-0.2, -0.15) is 0 Å². The van der Waals surface area contributed by atoms with Gasteiger partial charge in [-0.1, -0.05) is 29.8 Å². The second-order valence-corrected chi connectivity index (χ2v) is 5.54. The van der Waals surface area contributed by atoms with E-state index in [1.807, 2.05) is 35.9 Å². The molecule has 3 rings (SSSR count). The van der Waals surface area contributed by atoms with Gasteiger partial charge in [0.25, 0.3) is 0 Å². The van der Waals surface area contributed by atoms with Gasteiger partial charge >= 0.3 is 5.97 Å². The predicted molar refractivity (Wildman–Crippen MR) is 74.6 cm³/mol. The van der Waals surface area contributed by atoms with Crippen LogP contribution in [0.2, 0.25) is 0 Å². The molecule has 0 saturated carbocycles. The van der Waals surface area contributed by atoms with E-state index in [1.165, 1.54) is 16.9 Å². The molecule has 0 bridgehead atoms. The van der Waals surface area contributed by atoms with E-state index >= 15 is 0 Å². The van der Waals surface area contributed by atoms with E-state index in [4.69, 9.17) is 5.11 Å². The Hall–Kier alpha value is -2.14. The largest absolute Gasteiger partial charge is 0.481 e. The molecule has 0 radical (unpaired) electrons. The lowest BCUT2D eigenvalue weighted by molar-refractivity contribution is -0.136. The Kier molecular flexibility index (Phi) is 2.83. The number of hydrogen-bond acceptors (Lipinski definition) is 3. The summed E-state index contributed by atoms with van der Waals surface area (Å²) in [6, 6.07) is 8.19. The third-order valence-corrected chi connectivity index (χ3v) is 3.87. The Morgan fingerprint density at radius 3 is 2.68 bits per heavy atom. The van der Waals surface area contributed by atoms with Crippen LogP contribution in [0.3, 0.4) is 0 Å². The molecule has 96 valence electrons. The first-order valence-corrected chi connectivity index (χ1v) is 6.70. The molecule has 0 atom stereocenters. The molecule has 1 N–H and O–H groups in total. The maximum atomic E-state index is 10.7. The molecule has 0 aliphatic rings. The van der Waals surface area contributed by atoms with Crippen LogP contribution in [0.5, 0.6) is 0 Å². The van der Waals surface area contributed by atoms with Crippen molar-refractivity contribution in [1.82, 2.24) is 9.38 Å². The van der Waals surface area contributed by atoms with Crippen LogP contribution in [0.4, 0.5) is 0 Å². The summed E-state index contributed by atoms with van der Waals surface area (Å²) in [5, 5.41) is 8.77. The fourth-order valence-electron chi connectivity index (χ4n) is 1.94. The number of benzene rings is 1. The highest BCUT2D eigenvalue weighted by Crippen LogP contribution is 2.24. The quantitative estimate of drug-likeness (QED) is 0.797. The maximum Gasteiger partial charge on any atom is 0.308 e. The van der Waals surface area contributed by atoms with Crippen molar-refractivity contribution >= 4 is 22.3 Å². The number of carboxylic acid groups (broad SMARTS) is 1. The van der Waals surface area contributed by atoms with E-state index in [0.717, 1.165) is 21.1 Å². The Balaban J connectivity index is 1.96. The van der Waals surface area contributed by atoms with Crippen LogP contribution in [-0.4, -0.2) is 20.5 Å². The normalized spacial score (nSPS) is 11.0. The number of thiazole rings is 1. The van der Waals surface area contributed by atoms with Crippen LogP contribution < -0.4 is 0 Å². The second-order valence-electron chi connectivity index (χ2n) is 4.45. The smallest absolute Gasteiger partial charge is 0.308 e. The zero-order valence-corrected chi connectivity index (χ0v) is 11.1. The third kappa shape index (κ3) is 2.37. The number of carbonyl (C=O) groups is 1. The summed E-state index contributed by atoms with van der Waals surface area (Å²) in [6.07, 6.45) is 3.81. The second kappa shape index (κ2) is 4.51. The molecule has 4 nitrogen and oxygen atoms in total. The van der Waals surface area contributed by atoms with Crippen LogP contribution >= 0.6 is 11.3 Å². The molecule has 2 aromatic heterocycles. The number of carboxylic acids is 1. The van der Waals surface area contributed by atoms with Crippen LogP contribution in [0.25, 0.3) is 16.2 Å². The summed E-state index contributed by atoms with van der Waals surface area (Å²) in [6.45, 7) is 2.05. The summed E-state index contributed by atoms with van der Waals surface area (Å²) in [5.41, 5.74) is 3.20. The Labute approximate surface area is 114 Å². The minimum Gasteiger partial charge on any atom is -0.481 e. The number of rotatable bonds is 3. The van der Waals surface area contributed by atoms with Gasteiger partial charge in [0.05, 0.1) is 12.1 Å². The average molecular weight is 272 g/mol. The lowest BCUT2D eigenvalue weighted by Crippen LogP contribution is -1.97. The lowest BCUT2D eigenvalue weighted by atomic mass is 10.1. The molecule has 0 unspecified atom stereocenters. The van der Waals surface area contributed by atoms with Crippen molar-refractivity contribution < 1.29 is 9.90 Å². The molecule has 0 fully saturated rings. The number of hydrogen-bond donors (Lipinski definition) is 1. The topological polar surface area (TPSA) is 54.6 Å². The molecule has 0 saturated heterocycles. The van der Waals surface area contributed by atoms with Gasteiger partial charge in [0.15, 0.2) is 4.96 Å². The van der Waals surface area contributed by atoms with E-state index in [9.17, 15) is 4.79 Å². The summed E-state index contributed by atoms with van der Waals surface area (Å²) < 4.78 is 1.89. The molecule has 0 spiro atoms. The molecule has 0 aliphatic carbocycles. The van der Waals surface area contributed by atoms with Gasteiger partial charge in [0.1, 0.15) is 0 Å². The van der Waals surface area contributed by atoms with Gasteiger partial charge in [0, 0.05) is 22.8 Å². The highest BCUT2D eigenvalue weighted by Gasteiger charge is 2.10. The minimum atomic E-state index is -0.816. The third-order valence-electron chi connectivity index (χ3n) is 2.88. The van der Waals surface area contributed by atoms with Gasteiger partial charge in [-0.25, -0.2) is 4.98 Å². The van der Waals surface area contributed by atoms with Crippen LogP contribution in [0.1, 0.15) is 10.4 Å². The van der Waals surface area contributed by atoms with Crippen LogP contribution in [0.15, 0.2) is 36.7 Å². The van der Waals surface area contributed by atoms with E-state index in [2.05, 4.69) is 17.1 Å². The number of nitrogens with zero attached hydrogens (tertiary/aromatic N) is 2. The average Bonchev–Trinajstić information content (AvgIpc) is 2.86. The Morgan fingerprint density at radius 1 is 1.32 bits per heavy atom. The predicted octanol–water partition coefficient (Wildman–Crippen LogP) is 3.00. The Morgan fingerprint density at radius 2 is 2.05 bits per heavy atom. The summed E-state index contributed by atoms with van der Waals surface area (Å²) in [7, 11) is 0. The summed E-state index contributed by atoms with van der Waals surface area (Å²) >= 11 is 1.42. The lowest BCUT2D eigenvalue weighted by Gasteiger charge is -1.96. The van der Waals surface area contributed by atoms with Gasteiger partial charge in [0.2, 0.25) is 0 Å². The highest BCUT2D eigenvalue weighted by molar-refractivity contribution is 7.17. The van der Waals surface area contributed by atoms with Crippen LogP contribution in [-0.2, 0) is 11.2 Å². The van der Waals surface area contributed by atoms with E-state index in [-0.39, 0.29) is 6.42 Å². The van der Waals surface area contributed by atoms with Crippen LogP contribution in [0, 0.1) is 6.92 Å². The standard InChI is InChI=1S/C14H12N2O2S/c1-9-2-4-10(5-3-9)12-8-16-7-11(6-13(17)18)19-14(16)15-12/h2-5,7-8H,6H2,1H3,(H,17,18). The number of aliphatic carboxylic acids is 1. The minimum absolute atomic E-state index is 0.0495. The van der Waals surface area contributed by atoms with E-state index < -0.39 is 5.97 Å². The van der Waals surface area contributed by atoms with Gasteiger partial charge in [-0.05, 0) is 6.92 Å². The summed E-state index contributed by atoms with van der Waals surface area (Å²) in [4.78, 5) is 16.8. The molecule has 19 heavy (non-hydrogen) atoms. The van der Waals surface area contributed by atoms with Crippen molar-refractivity contribution in [2.24, 2.45) is 0 Å². The van der Waals surface area contributed by atoms with Crippen molar-refractivity contribution in [2.75, 3.05) is 0 Å². The number of fused-ring (bicyclic) bond motifs is 1. The first kappa shape index (κ1) is 11.9. The molecule has 2 heterocycles. The van der Waals surface area contributed by atoms with Crippen molar-refractivity contribution in [3.63, 3.8) is 0 Å². The molecule has 5 heteroatoms. The van der Waals surface area contributed by atoms with E-state index in [1.54, 1.807) is 0 Å². The number of imidazole rings is 1. The fourth-order valence-corrected chi connectivity index (χ4v) is 2.89. The monoisotopic (exact) mass is 272 g/mol. The number of aryl methyl sites for hydroxylation is 1. The first-order chi connectivity index (χ1) is 9.11. The summed E-state index contributed by atoms with van der Waals surface area (Å²) in [5.74, 6) is -0.816. The molecule has 3 aromatic rings. The van der Waals surface area contributed by atoms with Gasteiger partial charge < -0.3 is 5.11 Å². The fraction of sp³-hybridized carbons (Fsp3) is 0.143. The molecular weight excluding hydrogens is 260 g/mol. The molecular formula is C14H12N2O2S. The van der Waals surface area contributed by atoms with Crippen molar-refractivity contribution in [3.05, 3.63) is 47.1 Å². The molecule has 0 amide bonds. The first-order valence-electron chi connectivity index (χ1n) is 5.88. The van der Waals surface area contributed by atoms with Crippen molar-refractivity contribution in [1.29, 1.82) is 0 Å². The van der Waals surface area contributed by atoms with Gasteiger partial charge in [-0.15, -0.1) is 11.3 Å². The Bertz CT molecular complexity index is 709. The van der Waals surface area contributed by atoms with Crippen molar-refractivity contribution in [3.8, 4) is 11.3 Å². The molecule has 1 aromatic carbocycles. The molecule has 0 aliphatic heterocycles. The highest BCUT2D eigenvalue weighted by atomic mass is 32.1. The van der Waals surface area contributed by atoms with Gasteiger partial charge in [-0.3, -0.25) is 9.20 Å². The SMILES string of the molecule is Cc1ccc(-c2cn3cc(CC(=O)O)sc3n2)cc1. The van der Waals surface area contributed by atoms with Crippen molar-refractivity contribution in [2.45, 2.75) is 13.3 Å².